The summed E-state index contributed by atoms with van der Waals surface area (Å²) in [6, 6.07) is 3.95. The molecule has 1 aromatic rings. The summed E-state index contributed by atoms with van der Waals surface area (Å²) >= 11 is 0. The van der Waals surface area contributed by atoms with Crippen molar-refractivity contribution in [2.75, 3.05) is 6.61 Å². The normalized spacial score (nSPS) is 11.2. The summed E-state index contributed by atoms with van der Waals surface area (Å²) in [7, 11) is 0. The van der Waals surface area contributed by atoms with Gasteiger partial charge in [0.05, 0.1) is 6.61 Å². The zero-order valence-electron chi connectivity index (χ0n) is 10.0. The van der Waals surface area contributed by atoms with Crippen LogP contribution in [0.15, 0.2) is 18.2 Å². The Hall–Kier alpha value is -1.72. The number of esters is 1. The molecule has 0 aromatic heterocycles. The maximum atomic E-state index is 12.2. The minimum atomic E-state index is -4.84. The van der Waals surface area contributed by atoms with E-state index in [0.29, 0.717) is 6.42 Å². The molecule has 0 saturated carbocycles. The fourth-order valence-corrected chi connectivity index (χ4v) is 1.38. The maximum absolute atomic E-state index is 12.2. The van der Waals surface area contributed by atoms with Crippen LogP contribution in [0.1, 0.15) is 29.8 Å². The van der Waals surface area contributed by atoms with Crippen LogP contribution in [-0.2, 0) is 11.2 Å². The van der Waals surface area contributed by atoms with E-state index < -0.39 is 18.1 Å². The van der Waals surface area contributed by atoms with Crippen molar-refractivity contribution < 1.29 is 27.4 Å². The second kappa shape index (κ2) is 5.75. The summed E-state index contributed by atoms with van der Waals surface area (Å²) in [4.78, 5) is 11.5. The monoisotopic (exact) mass is 262 g/mol. The molecule has 0 saturated heterocycles. The predicted octanol–water partition coefficient (Wildman–Crippen LogP) is 3.32. The first-order valence-electron chi connectivity index (χ1n) is 5.43. The lowest BCUT2D eigenvalue weighted by Gasteiger charge is -2.13. The van der Waals surface area contributed by atoms with Crippen LogP contribution in [0.5, 0.6) is 5.75 Å². The molecular formula is C12H13F3O3. The Bertz CT molecular complexity index is 427. The van der Waals surface area contributed by atoms with Gasteiger partial charge in [-0.3, -0.25) is 0 Å². The van der Waals surface area contributed by atoms with E-state index >= 15 is 0 Å². The van der Waals surface area contributed by atoms with Gasteiger partial charge in [0, 0.05) is 0 Å². The maximum Gasteiger partial charge on any atom is 0.573 e. The molecule has 0 aliphatic carbocycles. The van der Waals surface area contributed by atoms with Crippen molar-refractivity contribution in [1.82, 2.24) is 0 Å². The highest BCUT2D eigenvalue weighted by Crippen LogP contribution is 2.28. The van der Waals surface area contributed by atoms with E-state index in [4.69, 9.17) is 4.74 Å². The Morgan fingerprint density at radius 3 is 2.44 bits per heavy atom. The molecule has 6 heteroatoms. The highest BCUT2D eigenvalue weighted by atomic mass is 19.4. The Morgan fingerprint density at radius 2 is 1.94 bits per heavy atom. The zero-order chi connectivity index (χ0) is 13.8. The molecule has 0 heterocycles. The number of carbonyl (C=O) groups excluding carboxylic acids is 1. The van der Waals surface area contributed by atoms with E-state index in [0.717, 1.165) is 11.6 Å². The van der Waals surface area contributed by atoms with Crippen LogP contribution in [0.25, 0.3) is 0 Å². The summed E-state index contributed by atoms with van der Waals surface area (Å²) in [6.45, 7) is 3.49. The van der Waals surface area contributed by atoms with Crippen LogP contribution >= 0.6 is 0 Å². The molecule has 0 fully saturated rings. The molecule has 18 heavy (non-hydrogen) atoms. The third-order valence-corrected chi connectivity index (χ3v) is 2.17. The number of benzene rings is 1. The fourth-order valence-electron chi connectivity index (χ4n) is 1.38. The number of halogens is 3. The van der Waals surface area contributed by atoms with Gasteiger partial charge >= 0.3 is 12.3 Å². The Morgan fingerprint density at radius 1 is 1.28 bits per heavy atom. The van der Waals surface area contributed by atoms with Crippen molar-refractivity contribution >= 4 is 5.97 Å². The Kier molecular flexibility index (Phi) is 4.58. The van der Waals surface area contributed by atoms with Gasteiger partial charge in [-0.05, 0) is 31.0 Å². The SMILES string of the molecule is CCOC(=O)c1cc(CC)ccc1OC(F)(F)F. The van der Waals surface area contributed by atoms with E-state index in [1.54, 1.807) is 6.92 Å². The minimum Gasteiger partial charge on any atom is -0.462 e. The van der Waals surface area contributed by atoms with Gasteiger partial charge < -0.3 is 9.47 Å². The van der Waals surface area contributed by atoms with Crippen LogP contribution < -0.4 is 4.74 Å². The van der Waals surface area contributed by atoms with Crippen LogP contribution in [0.4, 0.5) is 13.2 Å². The van der Waals surface area contributed by atoms with Crippen molar-refractivity contribution in [1.29, 1.82) is 0 Å². The molecule has 100 valence electrons. The highest BCUT2D eigenvalue weighted by Gasteiger charge is 2.33. The molecule has 0 spiro atoms. The van der Waals surface area contributed by atoms with Crippen LogP contribution in [0.3, 0.4) is 0 Å². The number of hydrogen-bond donors (Lipinski definition) is 0. The van der Waals surface area contributed by atoms with Gasteiger partial charge in [0.2, 0.25) is 0 Å². The average molecular weight is 262 g/mol. The van der Waals surface area contributed by atoms with E-state index in [-0.39, 0.29) is 12.2 Å². The molecular weight excluding hydrogens is 249 g/mol. The summed E-state index contributed by atoms with van der Waals surface area (Å²) in [5.74, 6) is -1.37. The molecule has 0 bridgehead atoms. The number of carbonyl (C=O) groups is 1. The molecule has 3 nitrogen and oxygen atoms in total. The quantitative estimate of drug-likeness (QED) is 0.781. The van der Waals surface area contributed by atoms with Crippen molar-refractivity contribution in [2.45, 2.75) is 26.6 Å². The van der Waals surface area contributed by atoms with Crippen molar-refractivity contribution in [3.05, 3.63) is 29.3 Å². The molecule has 0 atom stereocenters. The van der Waals surface area contributed by atoms with Gasteiger partial charge in [0.1, 0.15) is 11.3 Å². The lowest BCUT2D eigenvalue weighted by atomic mass is 10.1. The summed E-state index contributed by atoms with van der Waals surface area (Å²) < 4.78 is 45.0. The second-order valence-corrected chi connectivity index (χ2v) is 3.45. The van der Waals surface area contributed by atoms with Gasteiger partial charge in [-0.25, -0.2) is 4.79 Å². The second-order valence-electron chi connectivity index (χ2n) is 3.45. The lowest BCUT2D eigenvalue weighted by Crippen LogP contribution is -2.19. The smallest absolute Gasteiger partial charge is 0.462 e. The molecule has 0 unspecified atom stereocenters. The molecule has 0 aliphatic rings. The van der Waals surface area contributed by atoms with Crippen molar-refractivity contribution in [3.63, 3.8) is 0 Å². The van der Waals surface area contributed by atoms with Gasteiger partial charge in [0.15, 0.2) is 0 Å². The van der Waals surface area contributed by atoms with Gasteiger partial charge in [-0.2, -0.15) is 0 Å². The number of aryl methyl sites for hydroxylation is 1. The van der Waals surface area contributed by atoms with Crippen molar-refractivity contribution in [3.8, 4) is 5.75 Å². The summed E-state index contributed by atoms with van der Waals surface area (Å²) in [5.41, 5.74) is 0.515. The van der Waals surface area contributed by atoms with E-state index in [1.165, 1.54) is 12.1 Å². The minimum absolute atomic E-state index is 0.0840. The third-order valence-electron chi connectivity index (χ3n) is 2.17. The first-order chi connectivity index (χ1) is 8.37. The largest absolute Gasteiger partial charge is 0.573 e. The van der Waals surface area contributed by atoms with E-state index in [1.807, 2.05) is 6.92 Å². The number of ether oxygens (including phenoxy) is 2. The highest BCUT2D eigenvalue weighted by molar-refractivity contribution is 5.92. The third kappa shape index (κ3) is 3.94. The van der Waals surface area contributed by atoms with Crippen LogP contribution in [0.2, 0.25) is 0 Å². The first-order valence-corrected chi connectivity index (χ1v) is 5.43. The Labute approximate surface area is 103 Å². The molecule has 0 aliphatic heterocycles. The topological polar surface area (TPSA) is 35.5 Å². The first kappa shape index (κ1) is 14.3. The van der Waals surface area contributed by atoms with Gasteiger partial charge in [-0.15, -0.1) is 13.2 Å². The number of hydrogen-bond acceptors (Lipinski definition) is 3. The number of rotatable bonds is 4. The molecule has 0 radical (unpaired) electrons. The van der Waals surface area contributed by atoms with Gasteiger partial charge in [0.25, 0.3) is 0 Å². The van der Waals surface area contributed by atoms with Gasteiger partial charge in [-0.1, -0.05) is 13.0 Å². The van der Waals surface area contributed by atoms with Crippen molar-refractivity contribution in [2.24, 2.45) is 0 Å². The summed E-state index contributed by atoms with van der Waals surface area (Å²) in [5, 5.41) is 0. The molecule has 0 N–H and O–H groups in total. The number of alkyl halides is 3. The molecule has 1 rings (SSSR count). The molecule has 1 aromatic carbocycles. The standard InChI is InChI=1S/C12H13F3O3/c1-3-8-5-6-10(18-12(13,14)15)9(7-8)11(16)17-4-2/h5-7H,3-4H2,1-2H3. The lowest BCUT2D eigenvalue weighted by molar-refractivity contribution is -0.274. The predicted molar refractivity (Wildman–Crippen MR) is 58.5 cm³/mol. The average Bonchev–Trinajstić information content (AvgIpc) is 2.27. The van der Waals surface area contributed by atoms with Crippen LogP contribution in [-0.4, -0.2) is 18.9 Å². The van der Waals surface area contributed by atoms with E-state index in [2.05, 4.69) is 4.74 Å². The Balaban J connectivity index is 3.12. The fraction of sp³-hybridized carbons (Fsp3) is 0.417. The van der Waals surface area contributed by atoms with Crippen LogP contribution in [0, 0.1) is 0 Å². The zero-order valence-corrected chi connectivity index (χ0v) is 10.0. The summed E-state index contributed by atoms with van der Waals surface area (Å²) in [6.07, 6.45) is -4.24. The van der Waals surface area contributed by atoms with E-state index in [9.17, 15) is 18.0 Å². The molecule has 0 amide bonds.